The first kappa shape index (κ1) is 10.6. The van der Waals surface area contributed by atoms with Crippen LogP contribution in [0.3, 0.4) is 0 Å². The van der Waals surface area contributed by atoms with Crippen LogP contribution in [-0.2, 0) is 9.59 Å². The van der Waals surface area contributed by atoms with E-state index in [2.05, 4.69) is 14.7 Å². The van der Waals surface area contributed by atoms with Crippen molar-refractivity contribution in [2.24, 2.45) is 0 Å². The SMILES string of the molecule is Cc1nsc(NC(=O)CCC(=O)O)n1. The molecule has 7 heteroatoms. The molecule has 0 aromatic carbocycles. The molecule has 14 heavy (non-hydrogen) atoms. The maximum absolute atomic E-state index is 11.1. The first-order valence-electron chi connectivity index (χ1n) is 3.90. The third kappa shape index (κ3) is 3.48. The van der Waals surface area contributed by atoms with E-state index in [4.69, 9.17) is 5.11 Å². The van der Waals surface area contributed by atoms with Gasteiger partial charge in [-0.05, 0) is 6.92 Å². The second kappa shape index (κ2) is 4.66. The number of amides is 1. The number of rotatable bonds is 4. The zero-order valence-corrected chi connectivity index (χ0v) is 8.30. The van der Waals surface area contributed by atoms with Crippen LogP contribution in [0.25, 0.3) is 0 Å². The lowest BCUT2D eigenvalue weighted by molar-refractivity contribution is -0.138. The fourth-order valence-electron chi connectivity index (χ4n) is 0.750. The average Bonchev–Trinajstić information content (AvgIpc) is 2.48. The Kier molecular flexibility index (Phi) is 3.52. The lowest BCUT2D eigenvalue weighted by Crippen LogP contribution is -2.12. The van der Waals surface area contributed by atoms with Gasteiger partial charge < -0.3 is 10.4 Å². The fraction of sp³-hybridized carbons (Fsp3) is 0.429. The van der Waals surface area contributed by atoms with Crippen LogP contribution in [0.15, 0.2) is 0 Å². The molecule has 0 radical (unpaired) electrons. The number of aryl methyl sites for hydroxylation is 1. The molecule has 76 valence electrons. The fourth-order valence-corrected chi connectivity index (χ4v) is 1.34. The first-order valence-corrected chi connectivity index (χ1v) is 4.67. The standard InChI is InChI=1S/C7H9N3O3S/c1-4-8-7(14-10-4)9-5(11)2-3-6(12)13/h2-3H2,1H3,(H,12,13)(H,8,9,10,11). The van der Waals surface area contributed by atoms with Crippen molar-refractivity contribution in [1.29, 1.82) is 0 Å². The van der Waals surface area contributed by atoms with Crippen LogP contribution in [0, 0.1) is 6.92 Å². The predicted molar refractivity (Wildman–Crippen MR) is 50.1 cm³/mol. The van der Waals surface area contributed by atoms with Gasteiger partial charge >= 0.3 is 5.97 Å². The number of hydrogen-bond acceptors (Lipinski definition) is 5. The number of nitrogens with one attached hydrogen (secondary N) is 1. The third-order valence-corrected chi connectivity index (χ3v) is 2.06. The molecule has 0 fully saturated rings. The molecule has 0 aliphatic heterocycles. The highest BCUT2D eigenvalue weighted by Gasteiger charge is 2.07. The Hall–Kier alpha value is -1.50. The van der Waals surface area contributed by atoms with Crippen LogP contribution in [0.2, 0.25) is 0 Å². The van der Waals surface area contributed by atoms with Crippen molar-refractivity contribution in [2.45, 2.75) is 19.8 Å². The van der Waals surface area contributed by atoms with Gasteiger partial charge in [0.05, 0.1) is 6.42 Å². The predicted octanol–water partition coefficient (Wildman–Crippen LogP) is 0.650. The molecule has 2 N–H and O–H groups in total. The molecule has 1 aromatic heterocycles. The van der Waals surface area contributed by atoms with Crippen molar-refractivity contribution in [2.75, 3.05) is 5.32 Å². The average molecular weight is 215 g/mol. The van der Waals surface area contributed by atoms with Crippen molar-refractivity contribution in [3.05, 3.63) is 5.82 Å². The Balaban J connectivity index is 2.37. The van der Waals surface area contributed by atoms with Gasteiger partial charge in [-0.1, -0.05) is 0 Å². The van der Waals surface area contributed by atoms with Crippen molar-refractivity contribution in [3.63, 3.8) is 0 Å². The van der Waals surface area contributed by atoms with Gasteiger partial charge in [0, 0.05) is 18.0 Å². The molecule has 1 rings (SSSR count). The largest absolute Gasteiger partial charge is 0.481 e. The second-order valence-corrected chi connectivity index (χ2v) is 3.34. The van der Waals surface area contributed by atoms with Crippen LogP contribution in [0.4, 0.5) is 5.13 Å². The Labute approximate surface area is 84.1 Å². The molecule has 0 bridgehead atoms. The number of carbonyl (C=O) groups is 2. The van der Waals surface area contributed by atoms with Crippen LogP contribution in [0.5, 0.6) is 0 Å². The van der Waals surface area contributed by atoms with E-state index >= 15 is 0 Å². The van der Waals surface area contributed by atoms with Gasteiger partial charge in [0.15, 0.2) is 0 Å². The molecule has 0 atom stereocenters. The van der Waals surface area contributed by atoms with E-state index in [1.165, 1.54) is 0 Å². The lowest BCUT2D eigenvalue weighted by Gasteiger charge is -1.97. The van der Waals surface area contributed by atoms with Crippen LogP contribution in [0.1, 0.15) is 18.7 Å². The number of aliphatic carboxylic acids is 1. The molecular formula is C7H9N3O3S. The Bertz CT molecular complexity index is 350. The molecule has 0 aliphatic rings. The maximum Gasteiger partial charge on any atom is 0.303 e. The van der Waals surface area contributed by atoms with E-state index in [0.717, 1.165) is 11.5 Å². The first-order chi connectivity index (χ1) is 6.58. The van der Waals surface area contributed by atoms with E-state index in [9.17, 15) is 9.59 Å². The quantitative estimate of drug-likeness (QED) is 0.769. The lowest BCUT2D eigenvalue weighted by atomic mass is 10.3. The number of hydrogen-bond donors (Lipinski definition) is 2. The minimum atomic E-state index is -0.992. The summed E-state index contributed by atoms with van der Waals surface area (Å²) in [7, 11) is 0. The minimum absolute atomic E-state index is 0.0477. The topological polar surface area (TPSA) is 92.2 Å². The molecule has 0 saturated carbocycles. The number of nitrogens with zero attached hydrogens (tertiary/aromatic N) is 2. The Morgan fingerprint density at radius 2 is 2.21 bits per heavy atom. The van der Waals surface area contributed by atoms with Crippen molar-refractivity contribution in [1.82, 2.24) is 9.36 Å². The van der Waals surface area contributed by atoms with Gasteiger partial charge in [-0.25, -0.2) is 4.98 Å². The normalized spacial score (nSPS) is 9.79. The molecule has 0 spiro atoms. The molecule has 0 aliphatic carbocycles. The summed E-state index contributed by atoms with van der Waals surface area (Å²) in [5.41, 5.74) is 0. The molecule has 1 aromatic rings. The summed E-state index contributed by atoms with van der Waals surface area (Å²) < 4.78 is 3.86. The Morgan fingerprint density at radius 3 is 2.71 bits per heavy atom. The summed E-state index contributed by atoms with van der Waals surface area (Å²) >= 11 is 1.07. The summed E-state index contributed by atoms with van der Waals surface area (Å²) in [6, 6.07) is 0. The van der Waals surface area contributed by atoms with Gasteiger partial charge in [-0.2, -0.15) is 4.37 Å². The van der Waals surface area contributed by atoms with E-state index in [1.807, 2.05) is 0 Å². The molecule has 6 nitrogen and oxygen atoms in total. The number of carbonyl (C=O) groups excluding carboxylic acids is 1. The summed E-state index contributed by atoms with van der Waals surface area (Å²) in [4.78, 5) is 25.2. The van der Waals surface area contributed by atoms with Crippen LogP contribution < -0.4 is 5.32 Å². The highest BCUT2D eigenvalue weighted by Crippen LogP contribution is 2.10. The molecule has 0 saturated heterocycles. The van der Waals surface area contributed by atoms with Gasteiger partial charge in [-0.3, -0.25) is 9.59 Å². The maximum atomic E-state index is 11.1. The monoisotopic (exact) mass is 215 g/mol. The highest BCUT2D eigenvalue weighted by molar-refractivity contribution is 7.09. The third-order valence-electron chi connectivity index (χ3n) is 1.34. The summed E-state index contributed by atoms with van der Waals surface area (Å²) in [6.45, 7) is 1.71. The summed E-state index contributed by atoms with van der Waals surface area (Å²) in [5.74, 6) is -0.763. The number of anilines is 1. The highest BCUT2D eigenvalue weighted by atomic mass is 32.1. The smallest absolute Gasteiger partial charge is 0.303 e. The Morgan fingerprint density at radius 1 is 1.50 bits per heavy atom. The second-order valence-electron chi connectivity index (χ2n) is 2.59. The van der Waals surface area contributed by atoms with E-state index in [-0.39, 0.29) is 18.7 Å². The van der Waals surface area contributed by atoms with Crippen LogP contribution >= 0.6 is 11.5 Å². The molecule has 0 unspecified atom stereocenters. The van der Waals surface area contributed by atoms with E-state index in [1.54, 1.807) is 6.92 Å². The molecule has 1 amide bonds. The molecule has 1 heterocycles. The van der Waals surface area contributed by atoms with E-state index < -0.39 is 5.97 Å². The molecular weight excluding hydrogens is 206 g/mol. The van der Waals surface area contributed by atoms with E-state index in [0.29, 0.717) is 11.0 Å². The number of aromatic nitrogens is 2. The zero-order chi connectivity index (χ0) is 10.6. The summed E-state index contributed by atoms with van der Waals surface area (Å²) in [5, 5.41) is 11.2. The van der Waals surface area contributed by atoms with Gasteiger partial charge in [0.2, 0.25) is 11.0 Å². The van der Waals surface area contributed by atoms with Crippen molar-refractivity contribution in [3.8, 4) is 0 Å². The zero-order valence-electron chi connectivity index (χ0n) is 7.48. The number of carboxylic acid groups (broad SMARTS) is 1. The van der Waals surface area contributed by atoms with Gasteiger partial charge in [0.25, 0.3) is 0 Å². The van der Waals surface area contributed by atoms with Crippen LogP contribution in [-0.4, -0.2) is 26.3 Å². The summed E-state index contributed by atoms with van der Waals surface area (Å²) in [6.07, 6.45) is -0.225. The van der Waals surface area contributed by atoms with Crippen molar-refractivity contribution < 1.29 is 14.7 Å². The number of carboxylic acids is 1. The van der Waals surface area contributed by atoms with Crippen molar-refractivity contribution >= 4 is 28.5 Å². The minimum Gasteiger partial charge on any atom is -0.481 e. The van der Waals surface area contributed by atoms with Gasteiger partial charge in [-0.15, -0.1) is 0 Å². The van der Waals surface area contributed by atoms with Gasteiger partial charge in [0.1, 0.15) is 5.82 Å².